The minimum atomic E-state index is 0.903. The molecule has 1 aromatic heterocycles. The van der Waals surface area contributed by atoms with Crippen LogP contribution in [0.2, 0.25) is 0 Å². The average molecular weight is 461 g/mol. The van der Waals surface area contributed by atoms with E-state index in [-0.39, 0.29) is 0 Å². The standard InChI is InChI=1S/C34H24N2/c1-22-20-25(16-17-27(22)34-35-18-19-36-34)32-28-10-4-6-12-30(28)33(31-13-7-5-11-29(31)32)26-15-14-23-8-2-3-9-24(23)21-26/h2-21H,1H3,(H,35,36). The molecule has 36 heavy (non-hydrogen) atoms. The van der Waals surface area contributed by atoms with Crippen molar-refractivity contribution in [2.45, 2.75) is 6.92 Å². The number of aromatic nitrogens is 2. The topological polar surface area (TPSA) is 28.7 Å². The first-order valence-corrected chi connectivity index (χ1v) is 12.3. The van der Waals surface area contributed by atoms with Crippen molar-refractivity contribution in [3.8, 4) is 33.6 Å². The fourth-order valence-corrected chi connectivity index (χ4v) is 5.59. The molecule has 7 rings (SSSR count). The van der Waals surface area contributed by atoms with Gasteiger partial charge in [-0.1, -0.05) is 103 Å². The number of hydrogen-bond acceptors (Lipinski definition) is 1. The highest BCUT2D eigenvalue weighted by molar-refractivity contribution is 6.21. The Kier molecular flexibility index (Phi) is 4.71. The van der Waals surface area contributed by atoms with Crippen molar-refractivity contribution in [3.63, 3.8) is 0 Å². The molecule has 0 radical (unpaired) electrons. The monoisotopic (exact) mass is 460 g/mol. The normalized spacial score (nSPS) is 11.5. The summed E-state index contributed by atoms with van der Waals surface area (Å²) in [5.74, 6) is 0.903. The van der Waals surface area contributed by atoms with E-state index in [1.54, 1.807) is 6.20 Å². The van der Waals surface area contributed by atoms with Crippen LogP contribution in [0.5, 0.6) is 0 Å². The first-order chi connectivity index (χ1) is 17.8. The molecule has 2 heteroatoms. The molecule has 0 saturated heterocycles. The van der Waals surface area contributed by atoms with E-state index < -0.39 is 0 Å². The molecular weight excluding hydrogens is 436 g/mol. The SMILES string of the molecule is Cc1cc(-c2c3ccccc3c(-c3ccc4ccccc4c3)c3ccccc23)ccc1-c1ncc[nH]1. The van der Waals surface area contributed by atoms with Gasteiger partial charge in [0.05, 0.1) is 0 Å². The van der Waals surface area contributed by atoms with Crippen LogP contribution < -0.4 is 0 Å². The van der Waals surface area contributed by atoms with Crippen molar-refractivity contribution in [1.29, 1.82) is 0 Å². The van der Waals surface area contributed by atoms with E-state index in [0.717, 1.165) is 11.4 Å². The van der Waals surface area contributed by atoms with Gasteiger partial charge >= 0.3 is 0 Å². The summed E-state index contributed by atoms with van der Waals surface area (Å²) < 4.78 is 0. The first-order valence-electron chi connectivity index (χ1n) is 12.3. The van der Waals surface area contributed by atoms with Crippen molar-refractivity contribution in [2.24, 2.45) is 0 Å². The highest BCUT2D eigenvalue weighted by Gasteiger charge is 2.17. The van der Waals surface area contributed by atoms with Gasteiger partial charge in [0.1, 0.15) is 5.82 Å². The molecule has 0 aliphatic rings. The molecular formula is C34H24N2. The van der Waals surface area contributed by atoms with Gasteiger partial charge in [-0.25, -0.2) is 4.98 Å². The lowest BCUT2D eigenvalue weighted by molar-refractivity contribution is 1.29. The van der Waals surface area contributed by atoms with E-state index in [2.05, 4.69) is 126 Å². The van der Waals surface area contributed by atoms with E-state index in [1.165, 1.54) is 60.1 Å². The minimum absolute atomic E-state index is 0.903. The Morgan fingerprint density at radius 2 is 1.11 bits per heavy atom. The van der Waals surface area contributed by atoms with Gasteiger partial charge in [-0.15, -0.1) is 0 Å². The largest absolute Gasteiger partial charge is 0.345 e. The molecule has 0 saturated carbocycles. The molecule has 0 aliphatic carbocycles. The first kappa shape index (κ1) is 20.7. The van der Waals surface area contributed by atoms with Crippen LogP contribution in [0.4, 0.5) is 0 Å². The maximum Gasteiger partial charge on any atom is 0.137 e. The lowest BCUT2D eigenvalue weighted by Crippen LogP contribution is -1.92. The Labute approximate surface area is 209 Å². The van der Waals surface area contributed by atoms with E-state index in [0.29, 0.717) is 0 Å². The molecule has 0 spiro atoms. The summed E-state index contributed by atoms with van der Waals surface area (Å²) in [4.78, 5) is 7.70. The summed E-state index contributed by atoms with van der Waals surface area (Å²) in [6, 6.07) is 39.8. The molecule has 1 heterocycles. The molecule has 170 valence electrons. The Hall–Kier alpha value is -4.69. The number of hydrogen-bond donors (Lipinski definition) is 1. The van der Waals surface area contributed by atoms with Crippen LogP contribution in [-0.4, -0.2) is 9.97 Å². The maximum atomic E-state index is 4.46. The molecule has 1 N–H and O–H groups in total. The summed E-state index contributed by atoms with van der Waals surface area (Å²) in [5, 5.41) is 7.60. The quantitative estimate of drug-likeness (QED) is 0.262. The number of nitrogens with zero attached hydrogens (tertiary/aromatic N) is 1. The second kappa shape index (κ2) is 8.21. The Balaban J connectivity index is 1.54. The molecule has 0 bridgehead atoms. The number of rotatable bonds is 3. The van der Waals surface area contributed by atoms with Gasteiger partial charge in [-0.3, -0.25) is 0 Å². The van der Waals surface area contributed by atoms with Crippen LogP contribution in [0, 0.1) is 6.92 Å². The number of imidazole rings is 1. The summed E-state index contributed by atoms with van der Waals surface area (Å²) in [7, 11) is 0. The van der Waals surface area contributed by atoms with Gasteiger partial charge in [-0.05, 0) is 73.1 Å². The zero-order valence-electron chi connectivity index (χ0n) is 20.0. The van der Waals surface area contributed by atoms with E-state index in [1.807, 2.05) is 6.20 Å². The van der Waals surface area contributed by atoms with Gasteiger partial charge in [0.25, 0.3) is 0 Å². The van der Waals surface area contributed by atoms with Crippen LogP contribution in [-0.2, 0) is 0 Å². The number of fused-ring (bicyclic) bond motifs is 3. The number of aryl methyl sites for hydroxylation is 1. The summed E-state index contributed by atoms with van der Waals surface area (Å²) in [6.07, 6.45) is 3.67. The molecule has 0 amide bonds. The fourth-order valence-electron chi connectivity index (χ4n) is 5.59. The number of aromatic amines is 1. The highest BCUT2D eigenvalue weighted by atomic mass is 14.9. The van der Waals surface area contributed by atoms with Crippen LogP contribution in [0.15, 0.2) is 122 Å². The van der Waals surface area contributed by atoms with Crippen molar-refractivity contribution >= 4 is 32.3 Å². The van der Waals surface area contributed by atoms with Gasteiger partial charge in [0, 0.05) is 18.0 Å². The van der Waals surface area contributed by atoms with Crippen LogP contribution >= 0.6 is 0 Å². The van der Waals surface area contributed by atoms with Crippen molar-refractivity contribution in [2.75, 3.05) is 0 Å². The van der Waals surface area contributed by atoms with Crippen molar-refractivity contribution in [3.05, 3.63) is 127 Å². The van der Waals surface area contributed by atoms with E-state index in [4.69, 9.17) is 0 Å². The molecule has 2 nitrogen and oxygen atoms in total. The van der Waals surface area contributed by atoms with Gasteiger partial charge < -0.3 is 4.98 Å². The summed E-state index contributed by atoms with van der Waals surface area (Å²) in [6.45, 7) is 2.16. The van der Waals surface area contributed by atoms with Crippen LogP contribution in [0.3, 0.4) is 0 Å². The summed E-state index contributed by atoms with van der Waals surface area (Å²) in [5.41, 5.74) is 7.37. The maximum absolute atomic E-state index is 4.46. The molecule has 0 atom stereocenters. The molecule has 0 fully saturated rings. The van der Waals surface area contributed by atoms with Crippen LogP contribution in [0.25, 0.3) is 66.0 Å². The third kappa shape index (κ3) is 3.23. The molecule has 0 unspecified atom stereocenters. The predicted octanol–water partition coefficient (Wildman–Crippen LogP) is 9.18. The predicted molar refractivity (Wildman–Crippen MR) is 152 cm³/mol. The zero-order chi connectivity index (χ0) is 24.1. The van der Waals surface area contributed by atoms with E-state index in [9.17, 15) is 0 Å². The third-order valence-corrected chi connectivity index (χ3v) is 7.24. The lowest BCUT2D eigenvalue weighted by atomic mass is 9.85. The number of nitrogens with one attached hydrogen (secondary N) is 1. The Bertz CT molecular complexity index is 1840. The third-order valence-electron chi connectivity index (χ3n) is 7.24. The Morgan fingerprint density at radius 3 is 1.69 bits per heavy atom. The Morgan fingerprint density at radius 1 is 0.556 bits per heavy atom. The smallest absolute Gasteiger partial charge is 0.137 e. The molecule has 0 aliphatic heterocycles. The zero-order valence-corrected chi connectivity index (χ0v) is 20.0. The fraction of sp³-hybridized carbons (Fsp3) is 0.0294. The molecule has 7 aromatic rings. The van der Waals surface area contributed by atoms with Gasteiger partial charge in [-0.2, -0.15) is 0 Å². The second-order valence-electron chi connectivity index (χ2n) is 9.37. The van der Waals surface area contributed by atoms with Gasteiger partial charge in [0.2, 0.25) is 0 Å². The van der Waals surface area contributed by atoms with Gasteiger partial charge in [0.15, 0.2) is 0 Å². The van der Waals surface area contributed by atoms with Crippen molar-refractivity contribution < 1.29 is 0 Å². The van der Waals surface area contributed by atoms with Crippen molar-refractivity contribution in [1.82, 2.24) is 9.97 Å². The second-order valence-corrected chi connectivity index (χ2v) is 9.37. The van der Waals surface area contributed by atoms with Crippen LogP contribution in [0.1, 0.15) is 5.56 Å². The average Bonchev–Trinajstić information content (AvgIpc) is 3.46. The number of H-pyrrole nitrogens is 1. The number of benzene rings is 6. The lowest BCUT2D eigenvalue weighted by Gasteiger charge is -2.18. The highest BCUT2D eigenvalue weighted by Crippen LogP contribution is 2.44. The summed E-state index contributed by atoms with van der Waals surface area (Å²) >= 11 is 0. The minimum Gasteiger partial charge on any atom is -0.345 e. The molecule has 6 aromatic carbocycles. The van der Waals surface area contributed by atoms with E-state index >= 15 is 0 Å².